The molecule has 0 radical (unpaired) electrons. The molecule has 7 nitrogen and oxygen atoms in total. The summed E-state index contributed by atoms with van der Waals surface area (Å²) in [6, 6.07) is 0. The molecule has 0 fully saturated rings. The number of aromatic nitrogens is 2. The van der Waals surface area contributed by atoms with Crippen LogP contribution in [0.5, 0.6) is 0 Å². The van der Waals surface area contributed by atoms with E-state index in [9.17, 15) is 9.59 Å². The van der Waals surface area contributed by atoms with Crippen molar-refractivity contribution in [1.29, 1.82) is 0 Å². The molecule has 0 saturated heterocycles. The zero-order valence-electron chi connectivity index (χ0n) is 11.7. The molecule has 0 atom stereocenters. The van der Waals surface area contributed by atoms with Crippen molar-refractivity contribution < 1.29 is 14.3 Å². The van der Waals surface area contributed by atoms with Gasteiger partial charge in [-0.1, -0.05) is 11.6 Å². The first-order chi connectivity index (χ1) is 9.45. The Morgan fingerprint density at radius 3 is 2.85 bits per heavy atom. The van der Waals surface area contributed by atoms with Crippen LogP contribution in [0.1, 0.15) is 13.8 Å². The fraction of sp³-hybridized carbons (Fsp3) is 0.583. The molecule has 0 aliphatic rings. The van der Waals surface area contributed by atoms with Gasteiger partial charge in [0.25, 0.3) is 5.56 Å². The molecule has 0 amide bonds. The minimum atomic E-state index is -0.568. The first-order valence-corrected chi connectivity index (χ1v) is 6.51. The van der Waals surface area contributed by atoms with Crippen LogP contribution >= 0.6 is 11.6 Å². The number of ether oxygens (including phenoxy) is 2. The van der Waals surface area contributed by atoms with Gasteiger partial charge >= 0.3 is 5.97 Å². The molecule has 0 aromatic carbocycles. The molecule has 0 aliphatic carbocycles. The average molecular weight is 304 g/mol. The van der Waals surface area contributed by atoms with E-state index < -0.39 is 11.5 Å². The lowest BCUT2D eigenvalue weighted by molar-refractivity contribution is -0.141. The van der Waals surface area contributed by atoms with E-state index >= 15 is 0 Å². The van der Waals surface area contributed by atoms with Gasteiger partial charge in [-0.25, -0.2) is 4.68 Å². The lowest BCUT2D eigenvalue weighted by Gasteiger charge is -2.11. The second-order valence-electron chi connectivity index (χ2n) is 4.26. The summed E-state index contributed by atoms with van der Waals surface area (Å²) in [5.41, 5.74) is -0.142. The normalized spacial score (nSPS) is 10.7. The lowest BCUT2D eigenvalue weighted by atomic mass is 10.4. The molecular weight excluding hydrogens is 286 g/mol. The van der Waals surface area contributed by atoms with Crippen molar-refractivity contribution in [2.75, 3.05) is 25.6 Å². The zero-order valence-corrected chi connectivity index (χ0v) is 12.4. The highest BCUT2D eigenvalue weighted by atomic mass is 35.5. The number of anilines is 1. The predicted molar refractivity (Wildman–Crippen MR) is 75.1 cm³/mol. The topological polar surface area (TPSA) is 82.5 Å². The van der Waals surface area contributed by atoms with Crippen molar-refractivity contribution >= 4 is 23.3 Å². The molecular formula is C12H18ClN3O4. The molecule has 8 heteroatoms. The summed E-state index contributed by atoms with van der Waals surface area (Å²) in [5, 5.41) is 6.79. The van der Waals surface area contributed by atoms with Crippen LogP contribution < -0.4 is 10.9 Å². The van der Waals surface area contributed by atoms with Gasteiger partial charge in [0.15, 0.2) is 0 Å². The average Bonchev–Trinajstić information content (AvgIpc) is 2.41. The van der Waals surface area contributed by atoms with Crippen LogP contribution in [0.15, 0.2) is 11.0 Å². The molecule has 0 spiro atoms. The lowest BCUT2D eigenvalue weighted by Crippen LogP contribution is -2.28. The molecule has 0 aliphatic heterocycles. The highest BCUT2D eigenvalue weighted by molar-refractivity contribution is 6.32. The summed E-state index contributed by atoms with van der Waals surface area (Å²) in [6.07, 6.45) is 1.53. The van der Waals surface area contributed by atoms with Gasteiger partial charge in [-0.3, -0.25) is 9.59 Å². The van der Waals surface area contributed by atoms with Crippen molar-refractivity contribution in [1.82, 2.24) is 9.78 Å². The Balaban J connectivity index is 2.69. The second-order valence-corrected chi connectivity index (χ2v) is 4.64. The number of carbonyl (C=O) groups excluding carboxylic acids is 1. The van der Waals surface area contributed by atoms with Crippen LogP contribution in [0.2, 0.25) is 5.02 Å². The van der Waals surface area contributed by atoms with Gasteiger partial charge in [0, 0.05) is 6.54 Å². The number of hydrogen-bond donors (Lipinski definition) is 1. The van der Waals surface area contributed by atoms with E-state index in [0.717, 1.165) is 4.68 Å². The molecule has 1 rings (SSSR count). The number of rotatable bonds is 7. The van der Waals surface area contributed by atoms with Crippen LogP contribution in [0, 0.1) is 0 Å². The van der Waals surface area contributed by atoms with Crippen LogP contribution in [-0.2, 0) is 20.8 Å². The molecule has 1 heterocycles. The number of esters is 1. The van der Waals surface area contributed by atoms with Crippen molar-refractivity contribution in [3.05, 3.63) is 21.6 Å². The van der Waals surface area contributed by atoms with Crippen LogP contribution in [0.3, 0.4) is 0 Å². The SMILES string of the molecule is COC(=O)Cn1ncc(NCCOC(C)C)c(Cl)c1=O. The Morgan fingerprint density at radius 1 is 1.55 bits per heavy atom. The van der Waals surface area contributed by atoms with Gasteiger partial charge in [0.05, 0.1) is 31.7 Å². The van der Waals surface area contributed by atoms with E-state index in [0.29, 0.717) is 18.8 Å². The maximum Gasteiger partial charge on any atom is 0.327 e. The first-order valence-electron chi connectivity index (χ1n) is 6.13. The molecule has 112 valence electrons. The van der Waals surface area contributed by atoms with Crippen molar-refractivity contribution in [3.63, 3.8) is 0 Å². The van der Waals surface area contributed by atoms with Crippen LogP contribution in [0.4, 0.5) is 5.69 Å². The highest BCUT2D eigenvalue weighted by Gasteiger charge is 2.11. The van der Waals surface area contributed by atoms with Gasteiger partial charge in [0.2, 0.25) is 0 Å². The van der Waals surface area contributed by atoms with Crippen LogP contribution in [-0.4, -0.2) is 42.1 Å². The largest absolute Gasteiger partial charge is 0.468 e. The van der Waals surface area contributed by atoms with Crippen molar-refractivity contribution in [3.8, 4) is 0 Å². The van der Waals surface area contributed by atoms with Gasteiger partial charge in [-0.05, 0) is 13.8 Å². The third kappa shape index (κ3) is 4.82. The Morgan fingerprint density at radius 2 is 2.25 bits per heavy atom. The van der Waals surface area contributed by atoms with E-state index in [1.54, 1.807) is 0 Å². The number of halogens is 1. The first kappa shape index (κ1) is 16.5. The van der Waals surface area contributed by atoms with Crippen molar-refractivity contribution in [2.24, 2.45) is 0 Å². The van der Waals surface area contributed by atoms with E-state index in [-0.39, 0.29) is 17.7 Å². The predicted octanol–water partition coefficient (Wildman–Crippen LogP) is 0.907. The zero-order chi connectivity index (χ0) is 15.1. The summed E-state index contributed by atoms with van der Waals surface area (Å²) < 4.78 is 10.8. The standard InChI is InChI=1S/C12H18ClN3O4/c1-8(2)20-5-4-14-9-6-15-16(7-10(17)19-3)12(18)11(9)13/h6,8,14H,4-5,7H2,1-3H3. The second kappa shape index (κ2) is 7.86. The van der Waals surface area contributed by atoms with E-state index in [1.165, 1.54) is 13.3 Å². The number of carbonyl (C=O) groups is 1. The van der Waals surface area contributed by atoms with E-state index in [2.05, 4.69) is 15.2 Å². The fourth-order valence-electron chi connectivity index (χ4n) is 1.37. The number of methoxy groups -OCH3 is 1. The number of hydrogen-bond acceptors (Lipinski definition) is 6. The highest BCUT2D eigenvalue weighted by Crippen LogP contribution is 2.14. The maximum atomic E-state index is 11.9. The molecule has 20 heavy (non-hydrogen) atoms. The Labute approximate surface area is 121 Å². The molecule has 1 aromatic heterocycles. The third-order valence-corrected chi connectivity index (χ3v) is 2.73. The maximum absolute atomic E-state index is 11.9. The van der Waals surface area contributed by atoms with E-state index in [1.807, 2.05) is 13.8 Å². The van der Waals surface area contributed by atoms with Gasteiger partial charge in [-0.2, -0.15) is 5.10 Å². The minimum Gasteiger partial charge on any atom is -0.468 e. The summed E-state index contributed by atoms with van der Waals surface area (Å²) >= 11 is 5.94. The van der Waals surface area contributed by atoms with Crippen LogP contribution in [0.25, 0.3) is 0 Å². The molecule has 1 N–H and O–H groups in total. The molecule has 1 aromatic rings. The number of nitrogens with zero attached hydrogens (tertiary/aromatic N) is 2. The van der Waals surface area contributed by atoms with Gasteiger partial charge < -0.3 is 14.8 Å². The molecule has 0 saturated carbocycles. The Kier molecular flexibility index (Phi) is 6.47. The molecule has 0 bridgehead atoms. The summed E-state index contributed by atoms with van der Waals surface area (Å²) in [4.78, 5) is 23.0. The van der Waals surface area contributed by atoms with Crippen molar-refractivity contribution in [2.45, 2.75) is 26.5 Å². The summed E-state index contributed by atoms with van der Waals surface area (Å²) in [5.74, 6) is -0.568. The summed E-state index contributed by atoms with van der Waals surface area (Å²) in [6.45, 7) is 4.58. The van der Waals surface area contributed by atoms with Gasteiger partial charge in [-0.15, -0.1) is 0 Å². The molecule has 0 unspecified atom stereocenters. The summed E-state index contributed by atoms with van der Waals surface area (Å²) in [7, 11) is 1.24. The Hall–Kier alpha value is -1.60. The number of nitrogens with one attached hydrogen (secondary N) is 1. The smallest absolute Gasteiger partial charge is 0.327 e. The monoisotopic (exact) mass is 303 g/mol. The Bertz CT molecular complexity index is 516. The van der Waals surface area contributed by atoms with E-state index in [4.69, 9.17) is 16.3 Å². The third-order valence-electron chi connectivity index (χ3n) is 2.36. The minimum absolute atomic E-state index is 0.0200. The fourth-order valence-corrected chi connectivity index (χ4v) is 1.58. The quantitative estimate of drug-likeness (QED) is 0.595. The van der Waals surface area contributed by atoms with Gasteiger partial charge in [0.1, 0.15) is 11.6 Å².